The van der Waals surface area contributed by atoms with Crippen LogP contribution in [0.15, 0.2) is 30.6 Å². The summed E-state index contributed by atoms with van der Waals surface area (Å²) in [6.45, 7) is 0.467. The Labute approximate surface area is 108 Å². The lowest BCUT2D eigenvalue weighted by Crippen LogP contribution is -2.10. The van der Waals surface area contributed by atoms with Gasteiger partial charge in [-0.05, 0) is 12.1 Å². The SMILES string of the molecule is Nc1ncc([N+](=O)[O-])c(NCCc2ccccn2)n1. The number of hydrogen-bond donors (Lipinski definition) is 2. The van der Waals surface area contributed by atoms with E-state index in [1.165, 1.54) is 0 Å². The van der Waals surface area contributed by atoms with Crippen molar-refractivity contribution in [3.8, 4) is 0 Å². The fraction of sp³-hybridized carbons (Fsp3) is 0.182. The third-order valence-corrected chi connectivity index (χ3v) is 2.38. The zero-order valence-corrected chi connectivity index (χ0v) is 9.98. The van der Waals surface area contributed by atoms with Crippen LogP contribution in [0.3, 0.4) is 0 Å². The van der Waals surface area contributed by atoms with Crippen molar-refractivity contribution in [2.24, 2.45) is 0 Å². The average Bonchev–Trinajstić information content (AvgIpc) is 2.39. The summed E-state index contributed by atoms with van der Waals surface area (Å²) < 4.78 is 0. The van der Waals surface area contributed by atoms with Gasteiger partial charge in [-0.3, -0.25) is 15.1 Å². The molecule has 0 saturated heterocycles. The Bertz CT molecular complexity index is 575. The van der Waals surface area contributed by atoms with E-state index < -0.39 is 4.92 Å². The zero-order valence-electron chi connectivity index (χ0n) is 9.98. The number of nitrogen functional groups attached to an aromatic ring is 1. The molecule has 0 bridgehead atoms. The second-order valence-corrected chi connectivity index (χ2v) is 3.72. The molecular formula is C11H12N6O2. The van der Waals surface area contributed by atoms with Crippen LogP contribution < -0.4 is 11.1 Å². The maximum absolute atomic E-state index is 10.8. The molecule has 0 atom stereocenters. The Morgan fingerprint density at radius 2 is 2.21 bits per heavy atom. The van der Waals surface area contributed by atoms with Crippen molar-refractivity contribution in [2.45, 2.75) is 6.42 Å². The van der Waals surface area contributed by atoms with E-state index in [1.54, 1.807) is 6.20 Å². The number of nitrogens with two attached hydrogens (primary N) is 1. The lowest BCUT2D eigenvalue weighted by molar-refractivity contribution is -0.384. The van der Waals surface area contributed by atoms with E-state index in [0.29, 0.717) is 13.0 Å². The van der Waals surface area contributed by atoms with Gasteiger partial charge >= 0.3 is 5.69 Å². The van der Waals surface area contributed by atoms with Crippen LogP contribution in [-0.4, -0.2) is 26.4 Å². The van der Waals surface area contributed by atoms with E-state index in [0.717, 1.165) is 11.9 Å². The van der Waals surface area contributed by atoms with Gasteiger partial charge in [-0.25, -0.2) is 4.98 Å². The molecule has 2 heterocycles. The lowest BCUT2D eigenvalue weighted by atomic mass is 10.3. The van der Waals surface area contributed by atoms with Gasteiger partial charge in [0.25, 0.3) is 0 Å². The highest BCUT2D eigenvalue weighted by Crippen LogP contribution is 2.20. The van der Waals surface area contributed by atoms with E-state index in [4.69, 9.17) is 5.73 Å². The Morgan fingerprint density at radius 1 is 1.37 bits per heavy atom. The minimum atomic E-state index is -0.553. The number of pyridine rings is 1. The molecule has 0 aliphatic rings. The summed E-state index contributed by atoms with van der Waals surface area (Å²) in [6, 6.07) is 5.59. The lowest BCUT2D eigenvalue weighted by Gasteiger charge is -2.06. The smallest absolute Gasteiger partial charge is 0.329 e. The van der Waals surface area contributed by atoms with Crippen LogP contribution in [0.25, 0.3) is 0 Å². The second kappa shape index (κ2) is 5.71. The van der Waals surface area contributed by atoms with Crippen LogP contribution in [0.5, 0.6) is 0 Å². The summed E-state index contributed by atoms with van der Waals surface area (Å²) in [5.74, 6) is 0.111. The van der Waals surface area contributed by atoms with Gasteiger partial charge in [0.2, 0.25) is 11.8 Å². The summed E-state index contributed by atoms with van der Waals surface area (Å²) in [5.41, 5.74) is 6.10. The van der Waals surface area contributed by atoms with Crippen LogP contribution in [0.4, 0.5) is 17.5 Å². The number of nitrogens with zero attached hydrogens (tertiary/aromatic N) is 4. The summed E-state index contributed by atoms with van der Waals surface area (Å²) in [6.07, 6.45) is 3.41. The summed E-state index contributed by atoms with van der Waals surface area (Å²) in [7, 11) is 0. The van der Waals surface area contributed by atoms with Crippen molar-refractivity contribution in [3.05, 3.63) is 46.4 Å². The highest BCUT2D eigenvalue weighted by atomic mass is 16.6. The van der Waals surface area contributed by atoms with Gasteiger partial charge in [-0.1, -0.05) is 6.07 Å². The van der Waals surface area contributed by atoms with Crippen LogP contribution in [-0.2, 0) is 6.42 Å². The number of hydrogen-bond acceptors (Lipinski definition) is 7. The molecule has 3 N–H and O–H groups in total. The highest BCUT2D eigenvalue weighted by molar-refractivity contribution is 5.56. The predicted octanol–water partition coefficient (Wildman–Crippen LogP) is 1.02. The van der Waals surface area contributed by atoms with E-state index in [9.17, 15) is 10.1 Å². The molecule has 0 saturated carbocycles. The molecule has 0 amide bonds. The molecule has 0 radical (unpaired) electrons. The van der Waals surface area contributed by atoms with Crippen LogP contribution in [0.1, 0.15) is 5.69 Å². The Morgan fingerprint density at radius 3 is 2.89 bits per heavy atom. The molecule has 0 aliphatic carbocycles. The van der Waals surface area contributed by atoms with Crippen molar-refractivity contribution < 1.29 is 4.92 Å². The number of rotatable bonds is 5. The fourth-order valence-corrected chi connectivity index (χ4v) is 1.51. The normalized spacial score (nSPS) is 10.1. The molecule has 2 rings (SSSR count). The Balaban J connectivity index is 2.03. The highest BCUT2D eigenvalue weighted by Gasteiger charge is 2.15. The van der Waals surface area contributed by atoms with Crippen molar-refractivity contribution >= 4 is 17.5 Å². The van der Waals surface area contributed by atoms with Crippen LogP contribution in [0.2, 0.25) is 0 Å². The molecule has 98 valence electrons. The molecule has 2 aromatic heterocycles. The van der Waals surface area contributed by atoms with E-state index in [1.807, 2.05) is 18.2 Å². The first-order valence-electron chi connectivity index (χ1n) is 5.57. The molecule has 19 heavy (non-hydrogen) atoms. The molecule has 2 aromatic rings. The second-order valence-electron chi connectivity index (χ2n) is 3.72. The largest absolute Gasteiger partial charge is 0.368 e. The number of anilines is 2. The first kappa shape index (κ1) is 12.7. The monoisotopic (exact) mass is 260 g/mol. The van der Waals surface area contributed by atoms with E-state index in [-0.39, 0.29) is 17.5 Å². The zero-order chi connectivity index (χ0) is 13.7. The van der Waals surface area contributed by atoms with Gasteiger partial charge in [0, 0.05) is 24.9 Å². The Hall–Kier alpha value is -2.77. The molecule has 0 fully saturated rings. The van der Waals surface area contributed by atoms with Crippen molar-refractivity contribution in [1.29, 1.82) is 0 Å². The fourth-order valence-electron chi connectivity index (χ4n) is 1.51. The summed E-state index contributed by atoms with van der Waals surface area (Å²) in [5, 5.41) is 13.7. The van der Waals surface area contributed by atoms with Gasteiger partial charge in [-0.2, -0.15) is 4.98 Å². The van der Waals surface area contributed by atoms with E-state index in [2.05, 4.69) is 20.3 Å². The maximum atomic E-state index is 10.8. The number of nitro groups is 1. The average molecular weight is 260 g/mol. The molecule has 8 nitrogen and oxygen atoms in total. The number of nitrogens with one attached hydrogen (secondary N) is 1. The first-order valence-corrected chi connectivity index (χ1v) is 5.57. The van der Waals surface area contributed by atoms with Gasteiger partial charge in [-0.15, -0.1) is 0 Å². The molecule has 8 heteroatoms. The quantitative estimate of drug-likeness (QED) is 0.608. The van der Waals surface area contributed by atoms with Gasteiger partial charge in [0.15, 0.2) is 0 Å². The Kier molecular flexibility index (Phi) is 3.81. The molecule has 0 unspecified atom stereocenters. The van der Waals surface area contributed by atoms with Crippen molar-refractivity contribution in [2.75, 3.05) is 17.6 Å². The maximum Gasteiger partial charge on any atom is 0.329 e. The standard InChI is InChI=1S/C11H12N6O2/c12-11-15-7-9(17(18)19)10(16-11)14-6-4-8-3-1-2-5-13-8/h1-3,5,7H,4,6H2,(H3,12,14,15,16). The molecule has 0 aromatic carbocycles. The van der Waals surface area contributed by atoms with Gasteiger partial charge in [0.1, 0.15) is 6.20 Å². The minimum Gasteiger partial charge on any atom is -0.368 e. The molecule has 0 spiro atoms. The van der Waals surface area contributed by atoms with Gasteiger partial charge in [0.05, 0.1) is 4.92 Å². The van der Waals surface area contributed by atoms with E-state index >= 15 is 0 Å². The molecular weight excluding hydrogens is 248 g/mol. The molecule has 0 aliphatic heterocycles. The topological polar surface area (TPSA) is 120 Å². The van der Waals surface area contributed by atoms with Crippen molar-refractivity contribution in [1.82, 2.24) is 15.0 Å². The predicted molar refractivity (Wildman–Crippen MR) is 69.5 cm³/mol. The number of aromatic nitrogens is 3. The minimum absolute atomic E-state index is 0.00839. The summed E-state index contributed by atoms with van der Waals surface area (Å²) in [4.78, 5) is 21.8. The third kappa shape index (κ3) is 3.35. The first-order chi connectivity index (χ1) is 9.16. The van der Waals surface area contributed by atoms with Crippen LogP contribution >= 0.6 is 0 Å². The van der Waals surface area contributed by atoms with Crippen molar-refractivity contribution in [3.63, 3.8) is 0 Å². The third-order valence-electron chi connectivity index (χ3n) is 2.38. The van der Waals surface area contributed by atoms with Crippen LogP contribution in [0, 0.1) is 10.1 Å². The summed E-state index contributed by atoms with van der Waals surface area (Å²) >= 11 is 0. The van der Waals surface area contributed by atoms with Gasteiger partial charge < -0.3 is 11.1 Å².